The number of aryl methyl sites for hydroxylation is 1. The Morgan fingerprint density at radius 1 is 1.03 bits per heavy atom. The highest BCUT2D eigenvalue weighted by Crippen LogP contribution is 2.32. The van der Waals surface area contributed by atoms with E-state index < -0.39 is 12.0 Å². The van der Waals surface area contributed by atoms with Crippen LogP contribution in [0.2, 0.25) is 0 Å². The summed E-state index contributed by atoms with van der Waals surface area (Å²) in [5, 5.41) is 9.62. The maximum atomic E-state index is 11.7. The lowest BCUT2D eigenvalue weighted by Crippen LogP contribution is -2.44. The largest absolute Gasteiger partial charge is 0.480 e. The van der Waals surface area contributed by atoms with E-state index in [9.17, 15) is 9.90 Å². The van der Waals surface area contributed by atoms with Crippen molar-refractivity contribution in [2.24, 2.45) is 0 Å². The number of carbonyl (C=O) groups is 1. The number of hydrogen-bond acceptors (Lipinski definition) is 3. The van der Waals surface area contributed by atoms with Crippen molar-refractivity contribution in [3.05, 3.63) is 83.7 Å². The first kappa shape index (κ1) is 21.4. The second-order valence-corrected chi connectivity index (χ2v) is 9.05. The van der Waals surface area contributed by atoms with Crippen molar-refractivity contribution in [2.75, 3.05) is 6.54 Å². The van der Waals surface area contributed by atoms with Crippen LogP contribution in [0.1, 0.15) is 36.0 Å². The molecule has 0 bridgehead atoms. The van der Waals surface area contributed by atoms with Crippen molar-refractivity contribution in [2.45, 2.75) is 45.7 Å². The van der Waals surface area contributed by atoms with Crippen LogP contribution in [0.5, 0.6) is 0 Å². The van der Waals surface area contributed by atoms with E-state index in [0.29, 0.717) is 6.54 Å². The number of piperidine rings is 1. The SMILES string of the molecule is Cc1c(-c2ccccc2)cccc1-c1cn2cc(CN3CCCCC3C(=O)O)cc(C)c2n1. The Morgan fingerprint density at radius 2 is 1.82 bits per heavy atom. The highest BCUT2D eigenvalue weighted by Gasteiger charge is 2.28. The fourth-order valence-corrected chi connectivity index (χ4v) is 5.10. The lowest BCUT2D eigenvalue weighted by molar-refractivity contribution is -0.144. The molecule has 0 radical (unpaired) electrons. The highest BCUT2D eigenvalue weighted by atomic mass is 16.4. The average molecular weight is 440 g/mol. The minimum absolute atomic E-state index is 0.392. The van der Waals surface area contributed by atoms with Gasteiger partial charge >= 0.3 is 5.97 Å². The monoisotopic (exact) mass is 439 g/mol. The maximum absolute atomic E-state index is 11.7. The third-order valence-corrected chi connectivity index (χ3v) is 6.77. The number of hydrogen-bond donors (Lipinski definition) is 1. The Hall–Kier alpha value is -3.44. The molecule has 5 heteroatoms. The van der Waals surface area contributed by atoms with Gasteiger partial charge in [0, 0.05) is 24.5 Å². The smallest absolute Gasteiger partial charge is 0.320 e. The Labute approximate surface area is 194 Å². The highest BCUT2D eigenvalue weighted by molar-refractivity contribution is 5.77. The van der Waals surface area contributed by atoms with E-state index >= 15 is 0 Å². The van der Waals surface area contributed by atoms with E-state index in [0.717, 1.165) is 53.8 Å². The summed E-state index contributed by atoms with van der Waals surface area (Å²) >= 11 is 0. The van der Waals surface area contributed by atoms with Crippen LogP contribution in [0, 0.1) is 13.8 Å². The number of nitrogens with zero attached hydrogens (tertiary/aromatic N) is 3. The minimum Gasteiger partial charge on any atom is -0.480 e. The zero-order valence-electron chi connectivity index (χ0n) is 19.2. The minimum atomic E-state index is -0.716. The van der Waals surface area contributed by atoms with Crippen molar-refractivity contribution in [3.8, 4) is 22.4 Å². The number of carboxylic acids is 1. The molecule has 168 valence electrons. The van der Waals surface area contributed by atoms with E-state index in [2.05, 4.69) is 84.1 Å². The van der Waals surface area contributed by atoms with Gasteiger partial charge in [0.2, 0.25) is 0 Å². The fraction of sp³-hybridized carbons (Fsp3) is 0.286. The molecule has 0 amide bonds. The molecule has 5 nitrogen and oxygen atoms in total. The zero-order chi connectivity index (χ0) is 22.9. The quantitative estimate of drug-likeness (QED) is 0.432. The summed E-state index contributed by atoms with van der Waals surface area (Å²) in [6.07, 6.45) is 6.95. The average Bonchev–Trinajstić information content (AvgIpc) is 3.24. The lowest BCUT2D eigenvalue weighted by atomic mass is 9.95. The van der Waals surface area contributed by atoms with E-state index in [1.54, 1.807) is 0 Å². The van der Waals surface area contributed by atoms with Gasteiger partial charge in [-0.05, 0) is 67.1 Å². The summed E-state index contributed by atoms with van der Waals surface area (Å²) in [5.41, 5.74) is 8.86. The molecular weight excluding hydrogens is 410 g/mol. The predicted octanol–water partition coefficient (Wildman–Crippen LogP) is 5.72. The molecule has 0 saturated carbocycles. The molecule has 5 rings (SSSR count). The molecule has 1 unspecified atom stereocenters. The number of imidazole rings is 1. The number of rotatable bonds is 5. The summed E-state index contributed by atoms with van der Waals surface area (Å²) < 4.78 is 2.09. The van der Waals surface area contributed by atoms with Gasteiger partial charge in [-0.3, -0.25) is 9.69 Å². The molecule has 1 atom stereocenters. The number of fused-ring (bicyclic) bond motifs is 1. The third-order valence-electron chi connectivity index (χ3n) is 6.77. The van der Waals surface area contributed by atoms with Crippen LogP contribution in [-0.4, -0.2) is 37.9 Å². The van der Waals surface area contributed by atoms with Gasteiger partial charge in [-0.25, -0.2) is 4.98 Å². The molecule has 0 aliphatic carbocycles. The van der Waals surface area contributed by atoms with Crippen molar-refractivity contribution < 1.29 is 9.90 Å². The molecule has 1 saturated heterocycles. The van der Waals surface area contributed by atoms with Crippen molar-refractivity contribution in [1.29, 1.82) is 0 Å². The third kappa shape index (κ3) is 4.16. The van der Waals surface area contributed by atoms with E-state index in [-0.39, 0.29) is 0 Å². The topological polar surface area (TPSA) is 57.8 Å². The number of pyridine rings is 1. The van der Waals surface area contributed by atoms with Crippen molar-refractivity contribution >= 4 is 11.6 Å². The number of aliphatic carboxylic acids is 1. The molecule has 1 N–H and O–H groups in total. The first-order valence-electron chi connectivity index (χ1n) is 11.6. The number of benzene rings is 2. The summed E-state index contributed by atoms with van der Waals surface area (Å²) in [4.78, 5) is 18.8. The van der Waals surface area contributed by atoms with Gasteiger partial charge in [0.1, 0.15) is 11.7 Å². The number of carboxylic acid groups (broad SMARTS) is 1. The van der Waals surface area contributed by atoms with Crippen LogP contribution in [0.4, 0.5) is 0 Å². The number of aromatic nitrogens is 2. The van der Waals surface area contributed by atoms with Gasteiger partial charge in [0.25, 0.3) is 0 Å². The first-order valence-corrected chi connectivity index (χ1v) is 11.6. The van der Waals surface area contributed by atoms with E-state index in [1.807, 2.05) is 6.07 Å². The predicted molar refractivity (Wildman–Crippen MR) is 131 cm³/mol. The summed E-state index contributed by atoms with van der Waals surface area (Å²) in [5.74, 6) is -0.716. The standard InChI is InChI=1S/C28H29N3O2/c1-19-15-21(16-30-14-7-6-13-26(30)28(32)33)17-31-18-25(29-27(19)31)24-12-8-11-23(20(24)2)22-9-4-3-5-10-22/h3-5,8-12,15,17-18,26H,6-7,13-14,16H2,1-2H3,(H,32,33). The molecular formula is C28H29N3O2. The molecule has 33 heavy (non-hydrogen) atoms. The first-order chi connectivity index (χ1) is 16.0. The van der Waals surface area contributed by atoms with Gasteiger partial charge in [-0.2, -0.15) is 0 Å². The second kappa shape index (κ2) is 8.83. The molecule has 1 aliphatic rings. The normalized spacial score (nSPS) is 16.8. The van der Waals surface area contributed by atoms with Crippen LogP contribution >= 0.6 is 0 Å². The fourth-order valence-electron chi connectivity index (χ4n) is 5.10. The molecule has 4 aromatic rings. The Morgan fingerprint density at radius 3 is 2.61 bits per heavy atom. The van der Waals surface area contributed by atoms with E-state index in [4.69, 9.17) is 4.98 Å². The molecule has 3 heterocycles. The summed E-state index contributed by atoms with van der Waals surface area (Å²) in [6, 6.07) is 18.6. The van der Waals surface area contributed by atoms with Gasteiger partial charge in [-0.1, -0.05) is 55.0 Å². The van der Waals surface area contributed by atoms with Crippen LogP contribution in [0.15, 0.2) is 67.0 Å². The second-order valence-electron chi connectivity index (χ2n) is 9.05. The molecule has 1 fully saturated rings. The maximum Gasteiger partial charge on any atom is 0.320 e. The van der Waals surface area contributed by atoms with Crippen LogP contribution < -0.4 is 0 Å². The molecule has 2 aromatic carbocycles. The van der Waals surface area contributed by atoms with Crippen molar-refractivity contribution in [1.82, 2.24) is 14.3 Å². The van der Waals surface area contributed by atoms with Crippen molar-refractivity contribution in [3.63, 3.8) is 0 Å². The molecule has 2 aromatic heterocycles. The zero-order valence-corrected chi connectivity index (χ0v) is 19.2. The number of likely N-dealkylation sites (tertiary alicyclic amines) is 1. The van der Waals surface area contributed by atoms with Gasteiger partial charge in [0.15, 0.2) is 0 Å². The molecule has 1 aliphatic heterocycles. The Balaban J connectivity index is 1.50. The van der Waals surface area contributed by atoms with Crippen LogP contribution in [0.25, 0.3) is 28.0 Å². The van der Waals surface area contributed by atoms with Gasteiger partial charge in [0.05, 0.1) is 5.69 Å². The van der Waals surface area contributed by atoms with Crippen LogP contribution in [-0.2, 0) is 11.3 Å². The van der Waals surface area contributed by atoms with Gasteiger partial charge in [-0.15, -0.1) is 0 Å². The Kier molecular flexibility index (Phi) is 5.73. The Bertz CT molecular complexity index is 1310. The molecule has 0 spiro atoms. The van der Waals surface area contributed by atoms with Gasteiger partial charge < -0.3 is 9.51 Å². The van der Waals surface area contributed by atoms with E-state index in [1.165, 1.54) is 16.7 Å². The lowest BCUT2D eigenvalue weighted by Gasteiger charge is -2.32. The summed E-state index contributed by atoms with van der Waals surface area (Å²) in [7, 11) is 0. The van der Waals surface area contributed by atoms with Crippen LogP contribution in [0.3, 0.4) is 0 Å². The summed E-state index contributed by atoms with van der Waals surface area (Å²) in [6.45, 7) is 5.70.